The van der Waals surface area contributed by atoms with Crippen molar-refractivity contribution in [3.63, 3.8) is 0 Å². The number of amides is 2. The Labute approximate surface area is 191 Å². The molecule has 1 aliphatic heterocycles. The highest BCUT2D eigenvalue weighted by Gasteiger charge is 2.30. The van der Waals surface area contributed by atoms with Crippen molar-refractivity contribution in [2.24, 2.45) is 5.92 Å². The molecule has 172 valence electrons. The van der Waals surface area contributed by atoms with Crippen molar-refractivity contribution in [3.8, 4) is 0 Å². The maximum atomic E-state index is 13.4. The van der Waals surface area contributed by atoms with Crippen molar-refractivity contribution in [2.75, 3.05) is 31.1 Å². The molecular formula is C25H35N5O2. The van der Waals surface area contributed by atoms with Gasteiger partial charge >= 0.3 is 0 Å². The zero-order valence-electron chi connectivity index (χ0n) is 19.8. The lowest BCUT2D eigenvalue weighted by molar-refractivity contribution is -0.137. The number of hydrogen-bond acceptors (Lipinski definition) is 5. The molecule has 1 fully saturated rings. The van der Waals surface area contributed by atoms with E-state index in [-0.39, 0.29) is 23.7 Å². The van der Waals surface area contributed by atoms with Gasteiger partial charge in [0, 0.05) is 50.3 Å². The van der Waals surface area contributed by atoms with Gasteiger partial charge in [-0.2, -0.15) is 0 Å². The Morgan fingerprint density at radius 1 is 1.00 bits per heavy atom. The molecular weight excluding hydrogens is 402 g/mol. The molecule has 0 spiro atoms. The maximum Gasteiger partial charge on any atom is 0.249 e. The second kappa shape index (κ2) is 10.6. The predicted molar refractivity (Wildman–Crippen MR) is 126 cm³/mol. The molecule has 0 aliphatic carbocycles. The Hall–Kier alpha value is -2.96. The highest BCUT2D eigenvalue weighted by Crippen LogP contribution is 2.21. The summed E-state index contributed by atoms with van der Waals surface area (Å²) in [7, 11) is 0. The van der Waals surface area contributed by atoms with E-state index in [9.17, 15) is 9.59 Å². The third-order valence-corrected chi connectivity index (χ3v) is 5.57. The maximum absolute atomic E-state index is 13.4. The Morgan fingerprint density at radius 3 is 2.25 bits per heavy atom. The Balaban J connectivity index is 1.71. The number of benzene rings is 1. The number of piperazine rings is 1. The SMILES string of the molecule is Cc1cc(N2CCN(C(=O)C(NC(=O)CC(C)C)c3ccccc3)CC2)nc(C(C)C)n1. The molecule has 7 nitrogen and oxygen atoms in total. The molecule has 7 heteroatoms. The van der Waals surface area contributed by atoms with Gasteiger partial charge in [0.05, 0.1) is 0 Å². The largest absolute Gasteiger partial charge is 0.353 e. The van der Waals surface area contributed by atoms with Crippen LogP contribution in [0, 0.1) is 12.8 Å². The predicted octanol–water partition coefficient (Wildman–Crippen LogP) is 3.46. The van der Waals surface area contributed by atoms with E-state index in [1.54, 1.807) is 0 Å². The average Bonchev–Trinajstić information content (AvgIpc) is 2.77. The second-order valence-electron chi connectivity index (χ2n) is 9.20. The number of nitrogens with zero attached hydrogens (tertiary/aromatic N) is 4. The number of hydrogen-bond donors (Lipinski definition) is 1. The summed E-state index contributed by atoms with van der Waals surface area (Å²) in [4.78, 5) is 39.2. The van der Waals surface area contributed by atoms with E-state index < -0.39 is 6.04 Å². The fourth-order valence-corrected chi connectivity index (χ4v) is 3.86. The van der Waals surface area contributed by atoms with Gasteiger partial charge in [-0.25, -0.2) is 9.97 Å². The number of nitrogens with one attached hydrogen (secondary N) is 1. The van der Waals surface area contributed by atoms with Crippen LogP contribution in [0.25, 0.3) is 0 Å². The van der Waals surface area contributed by atoms with Gasteiger partial charge in [-0.1, -0.05) is 58.0 Å². The fraction of sp³-hybridized carbons (Fsp3) is 0.520. The van der Waals surface area contributed by atoms with E-state index in [2.05, 4.69) is 29.0 Å². The molecule has 1 aromatic heterocycles. The number of anilines is 1. The van der Waals surface area contributed by atoms with Crippen LogP contribution < -0.4 is 10.2 Å². The molecule has 32 heavy (non-hydrogen) atoms. The van der Waals surface area contributed by atoms with Crippen LogP contribution in [0.3, 0.4) is 0 Å². The molecule has 1 saturated heterocycles. The zero-order valence-corrected chi connectivity index (χ0v) is 19.8. The first kappa shape index (κ1) is 23.7. The molecule has 1 aliphatic rings. The van der Waals surface area contributed by atoms with E-state index >= 15 is 0 Å². The van der Waals surface area contributed by atoms with Gasteiger partial charge < -0.3 is 15.1 Å². The van der Waals surface area contributed by atoms with E-state index in [1.165, 1.54) is 0 Å². The van der Waals surface area contributed by atoms with Crippen molar-refractivity contribution in [1.29, 1.82) is 0 Å². The third-order valence-electron chi connectivity index (χ3n) is 5.57. The zero-order chi connectivity index (χ0) is 23.3. The summed E-state index contributed by atoms with van der Waals surface area (Å²) in [5, 5.41) is 2.97. The van der Waals surface area contributed by atoms with E-state index in [0.717, 1.165) is 22.9 Å². The fourth-order valence-electron chi connectivity index (χ4n) is 3.86. The first-order chi connectivity index (χ1) is 15.2. The molecule has 1 aromatic carbocycles. The smallest absolute Gasteiger partial charge is 0.249 e. The summed E-state index contributed by atoms with van der Waals surface area (Å²) in [5.74, 6) is 2.09. The first-order valence-electron chi connectivity index (χ1n) is 11.5. The van der Waals surface area contributed by atoms with Crippen LogP contribution in [-0.2, 0) is 9.59 Å². The lowest BCUT2D eigenvalue weighted by Crippen LogP contribution is -2.52. The Morgan fingerprint density at radius 2 is 1.66 bits per heavy atom. The third kappa shape index (κ3) is 6.05. The quantitative estimate of drug-likeness (QED) is 0.718. The number of carbonyl (C=O) groups excluding carboxylic acids is 2. The molecule has 3 rings (SSSR count). The van der Waals surface area contributed by atoms with Crippen LogP contribution in [0.15, 0.2) is 36.4 Å². The van der Waals surface area contributed by atoms with E-state index in [4.69, 9.17) is 4.98 Å². The van der Waals surface area contributed by atoms with Crippen LogP contribution in [0.5, 0.6) is 0 Å². The van der Waals surface area contributed by atoms with Crippen LogP contribution in [0.2, 0.25) is 0 Å². The van der Waals surface area contributed by atoms with Crippen molar-refractivity contribution >= 4 is 17.6 Å². The molecule has 2 amide bonds. The standard InChI is InChI=1S/C25H35N5O2/c1-17(2)15-22(31)28-23(20-9-7-6-8-10-20)25(32)30-13-11-29(12-14-30)21-16-19(5)26-24(27-21)18(3)4/h6-10,16-18,23H,11-15H2,1-5H3,(H,28,31). The number of carbonyl (C=O) groups is 2. The minimum atomic E-state index is -0.664. The molecule has 1 unspecified atom stereocenters. The molecule has 0 saturated carbocycles. The van der Waals surface area contributed by atoms with Gasteiger partial charge in [-0.05, 0) is 18.4 Å². The van der Waals surface area contributed by atoms with Crippen LogP contribution >= 0.6 is 0 Å². The van der Waals surface area contributed by atoms with Crippen molar-refractivity contribution in [2.45, 2.75) is 53.0 Å². The van der Waals surface area contributed by atoms with Crippen LogP contribution in [0.4, 0.5) is 5.82 Å². The van der Waals surface area contributed by atoms with Gasteiger partial charge in [0.15, 0.2) is 0 Å². The first-order valence-corrected chi connectivity index (χ1v) is 11.5. The summed E-state index contributed by atoms with van der Waals surface area (Å²) in [5.41, 5.74) is 1.76. The van der Waals surface area contributed by atoms with Gasteiger partial charge in [0.2, 0.25) is 11.8 Å². The average molecular weight is 438 g/mol. The molecule has 1 N–H and O–H groups in total. The summed E-state index contributed by atoms with van der Waals surface area (Å²) in [6, 6.07) is 10.8. The number of aryl methyl sites for hydroxylation is 1. The van der Waals surface area contributed by atoms with Crippen molar-refractivity contribution in [3.05, 3.63) is 53.5 Å². The highest BCUT2D eigenvalue weighted by molar-refractivity contribution is 5.89. The summed E-state index contributed by atoms with van der Waals surface area (Å²) >= 11 is 0. The summed E-state index contributed by atoms with van der Waals surface area (Å²) in [6.45, 7) is 12.7. The van der Waals surface area contributed by atoms with E-state index in [1.807, 2.05) is 62.1 Å². The molecule has 2 heterocycles. The van der Waals surface area contributed by atoms with Crippen LogP contribution in [-0.4, -0.2) is 52.9 Å². The molecule has 1 atom stereocenters. The number of rotatable bonds is 7. The van der Waals surface area contributed by atoms with Gasteiger partial charge in [-0.15, -0.1) is 0 Å². The normalized spacial score (nSPS) is 15.2. The summed E-state index contributed by atoms with van der Waals surface area (Å²) in [6.07, 6.45) is 0.398. The lowest BCUT2D eigenvalue weighted by Gasteiger charge is -2.37. The molecule has 0 radical (unpaired) electrons. The van der Waals surface area contributed by atoms with Gasteiger partial charge in [-0.3, -0.25) is 9.59 Å². The monoisotopic (exact) mass is 437 g/mol. The lowest BCUT2D eigenvalue weighted by atomic mass is 10.0. The van der Waals surface area contributed by atoms with Crippen molar-refractivity contribution < 1.29 is 9.59 Å². The summed E-state index contributed by atoms with van der Waals surface area (Å²) < 4.78 is 0. The number of aromatic nitrogens is 2. The van der Waals surface area contributed by atoms with Gasteiger partial charge in [0.25, 0.3) is 0 Å². The highest BCUT2D eigenvalue weighted by atomic mass is 16.2. The second-order valence-corrected chi connectivity index (χ2v) is 9.20. The minimum Gasteiger partial charge on any atom is -0.353 e. The van der Waals surface area contributed by atoms with Crippen molar-refractivity contribution in [1.82, 2.24) is 20.2 Å². The Bertz CT molecular complexity index is 921. The molecule has 2 aromatic rings. The topological polar surface area (TPSA) is 78.4 Å². The Kier molecular flexibility index (Phi) is 7.83. The van der Waals surface area contributed by atoms with Crippen LogP contribution in [0.1, 0.15) is 63.2 Å². The van der Waals surface area contributed by atoms with Gasteiger partial charge in [0.1, 0.15) is 17.7 Å². The van der Waals surface area contributed by atoms with E-state index in [0.29, 0.717) is 32.6 Å². The molecule has 0 bridgehead atoms. The minimum absolute atomic E-state index is 0.0605.